The Labute approximate surface area is 197 Å². The van der Waals surface area contributed by atoms with Gasteiger partial charge in [-0.1, -0.05) is 43.2 Å². The highest BCUT2D eigenvalue weighted by atomic mass is 32.1. The van der Waals surface area contributed by atoms with Gasteiger partial charge in [0, 0.05) is 21.4 Å². The van der Waals surface area contributed by atoms with E-state index < -0.39 is 6.04 Å². The standard InChI is InChI=1S/C25H28N2O3S2/c1-30-21-12-5-2-8-18(21)17-27(23(28)16-20-11-6-14-31-20)24(22-13-7-15-32-22)25(29)26-19-9-3-4-10-19/h2,5-8,11-15,19,24H,3-4,9-10,16-17H2,1H3,(H,26,29)/t24-/m1/s1. The van der Waals surface area contributed by atoms with Crippen LogP contribution in [0.5, 0.6) is 5.75 Å². The number of para-hydroxylation sites is 1. The predicted octanol–water partition coefficient (Wildman–Crippen LogP) is 5.19. The summed E-state index contributed by atoms with van der Waals surface area (Å²) in [5, 5.41) is 7.14. The molecule has 0 bridgehead atoms. The van der Waals surface area contributed by atoms with E-state index in [1.807, 2.05) is 59.3 Å². The van der Waals surface area contributed by atoms with Crippen LogP contribution >= 0.6 is 22.7 Å². The molecule has 1 saturated carbocycles. The molecule has 2 heterocycles. The van der Waals surface area contributed by atoms with Crippen LogP contribution in [-0.4, -0.2) is 29.9 Å². The van der Waals surface area contributed by atoms with Crippen LogP contribution in [0, 0.1) is 0 Å². The van der Waals surface area contributed by atoms with Gasteiger partial charge in [0.05, 0.1) is 20.1 Å². The van der Waals surface area contributed by atoms with E-state index in [-0.39, 0.29) is 24.3 Å². The minimum absolute atomic E-state index is 0.0710. The minimum Gasteiger partial charge on any atom is -0.496 e. The fourth-order valence-electron chi connectivity index (χ4n) is 4.23. The van der Waals surface area contributed by atoms with Crippen LogP contribution in [0.2, 0.25) is 0 Å². The molecule has 4 rings (SSSR count). The lowest BCUT2D eigenvalue weighted by Gasteiger charge is -2.32. The van der Waals surface area contributed by atoms with E-state index >= 15 is 0 Å². The third-order valence-corrected chi connectivity index (χ3v) is 7.63. The maximum Gasteiger partial charge on any atom is 0.248 e. The Morgan fingerprint density at radius 3 is 2.50 bits per heavy atom. The number of methoxy groups -OCH3 is 1. The summed E-state index contributed by atoms with van der Waals surface area (Å²) in [4.78, 5) is 30.7. The van der Waals surface area contributed by atoms with E-state index in [2.05, 4.69) is 5.32 Å². The first-order valence-corrected chi connectivity index (χ1v) is 12.7. The van der Waals surface area contributed by atoms with Crippen LogP contribution < -0.4 is 10.1 Å². The van der Waals surface area contributed by atoms with Gasteiger partial charge in [0.2, 0.25) is 11.8 Å². The second-order valence-corrected chi connectivity index (χ2v) is 10.0. The quantitative estimate of drug-likeness (QED) is 0.470. The Bertz CT molecular complexity index is 1010. The number of nitrogens with zero attached hydrogens (tertiary/aromatic N) is 1. The maximum absolute atomic E-state index is 13.6. The molecule has 7 heteroatoms. The normalized spacial score (nSPS) is 14.8. The fourth-order valence-corrected chi connectivity index (χ4v) is 5.76. The van der Waals surface area contributed by atoms with Gasteiger partial charge in [0.1, 0.15) is 11.8 Å². The maximum atomic E-state index is 13.6. The molecule has 1 aromatic carbocycles. The zero-order valence-corrected chi connectivity index (χ0v) is 19.8. The van der Waals surface area contributed by atoms with Crippen molar-refractivity contribution in [3.8, 4) is 5.75 Å². The number of rotatable bonds is 9. The molecule has 0 saturated heterocycles. The van der Waals surface area contributed by atoms with E-state index in [4.69, 9.17) is 4.74 Å². The molecule has 1 N–H and O–H groups in total. The monoisotopic (exact) mass is 468 g/mol. The second kappa shape index (κ2) is 10.8. The number of carbonyl (C=O) groups excluding carboxylic acids is 2. The van der Waals surface area contributed by atoms with Crippen molar-refractivity contribution in [1.82, 2.24) is 10.2 Å². The number of hydrogen-bond donors (Lipinski definition) is 1. The summed E-state index contributed by atoms with van der Waals surface area (Å²) < 4.78 is 5.54. The van der Waals surface area contributed by atoms with Crippen LogP contribution in [0.4, 0.5) is 0 Å². The molecule has 0 spiro atoms. The molecular weight excluding hydrogens is 440 g/mol. The number of hydrogen-bond acceptors (Lipinski definition) is 5. The molecule has 5 nitrogen and oxygen atoms in total. The topological polar surface area (TPSA) is 58.6 Å². The van der Waals surface area contributed by atoms with E-state index in [1.165, 1.54) is 11.3 Å². The van der Waals surface area contributed by atoms with Gasteiger partial charge in [-0.15, -0.1) is 22.7 Å². The lowest BCUT2D eigenvalue weighted by atomic mass is 10.1. The molecule has 1 atom stereocenters. The molecule has 3 aromatic rings. The van der Waals surface area contributed by atoms with Crippen LogP contribution in [0.15, 0.2) is 59.3 Å². The Morgan fingerprint density at radius 2 is 1.81 bits per heavy atom. The zero-order chi connectivity index (χ0) is 22.3. The summed E-state index contributed by atoms with van der Waals surface area (Å²) in [5.41, 5.74) is 0.879. The molecular formula is C25H28N2O3S2. The molecule has 2 aromatic heterocycles. The summed E-state index contributed by atoms with van der Waals surface area (Å²) in [7, 11) is 1.63. The first kappa shape index (κ1) is 22.6. The molecule has 0 aliphatic heterocycles. The van der Waals surface area contributed by atoms with E-state index in [0.29, 0.717) is 12.3 Å². The number of carbonyl (C=O) groups is 2. The van der Waals surface area contributed by atoms with Gasteiger partial charge in [-0.3, -0.25) is 9.59 Å². The largest absolute Gasteiger partial charge is 0.496 e. The zero-order valence-electron chi connectivity index (χ0n) is 18.2. The molecule has 168 valence electrons. The average molecular weight is 469 g/mol. The van der Waals surface area contributed by atoms with Crippen molar-refractivity contribution in [2.45, 2.75) is 50.7 Å². The van der Waals surface area contributed by atoms with E-state index in [9.17, 15) is 9.59 Å². The van der Waals surface area contributed by atoms with Gasteiger partial charge in [0.25, 0.3) is 0 Å². The number of ether oxygens (including phenoxy) is 1. The first-order chi connectivity index (χ1) is 15.7. The van der Waals surface area contributed by atoms with Crippen LogP contribution in [-0.2, 0) is 22.6 Å². The molecule has 1 aliphatic rings. The van der Waals surface area contributed by atoms with Gasteiger partial charge < -0.3 is 15.0 Å². The summed E-state index contributed by atoms with van der Waals surface area (Å²) in [5.74, 6) is 0.537. The Morgan fingerprint density at radius 1 is 1.06 bits per heavy atom. The molecule has 1 aliphatic carbocycles. The SMILES string of the molecule is COc1ccccc1CN(C(=O)Cc1cccs1)[C@@H](C(=O)NC1CCCC1)c1cccs1. The van der Waals surface area contributed by atoms with Gasteiger partial charge in [-0.05, 0) is 41.8 Å². The van der Waals surface area contributed by atoms with Crippen molar-refractivity contribution in [2.75, 3.05) is 7.11 Å². The average Bonchev–Trinajstić information content (AvgIpc) is 3.58. The lowest BCUT2D eigenvalue weighted by molar-refractivity contribution is -0.141. The molecule has 32 heavy (non-hydrogen) atoms. The Hall–Kier alpha value is -2.64. The third kappa shape index (κ3) is 5.40. The van der Waals surface area contributed by atoms with Gasteiger partial charge in [-0.25, -0.2) is 0 Å². The third-order valence-electron chi connectivity index (χ3n) is 5.83. The Kier molecular flexibility index (Phi) is 7.60. The van der Waals surface area contributed by atoms with Crippen molar-refractivity contribution in [3.05, 3.63) is 74.6 Å². The number of thiophene rings is 2. The predicted molar refractivity (Wildman–Crippen MR) is 129 cm³/mol. The van der Waals surface area contributed by atoms with E-state index in [1.54, 1.807) is 23.3 Å². The van der Waals surface area contributed by atoms with Gasteiger partial charge in [0.15, 0.2) is 0 Å². The van der Waals surface area contributed by atoms with Crippen molar-refractivity contribution in [3.63, 3.8) is 0 Å². The highest BCUT2D eigenvalue weighted by Gasteiger charge is 2.34. The van der Waals surface area contributed by atoms with Crippen LogP contribution in [0.25, 0.3) is 0 Å². The molecule has 1 fully saturated rings. The summed E-state index contributed by atoms with van der Waals surface area (Å²) in [6.45, 7) is 0.300. The smallest absolute Gasteiger partial charge is 0.248 e. The molecule has 0 unspecified atom stereocenters. The lowest BCUT2D eigenvalue weighted by Crippen LogP contribution is -2.46. The van der Waals surface area contributed by atoms with Gasteiger partial charge >= 0.3 is 0 Å². The van der Waals surface area contributed by atoms with Crippen LogP contribution in [0.1, 0.15) is 47.0 Å². The molecule has 2 amide bonds. The van der Waals surface area contributed by atoms with Crippen LogP contribution in [0.3, 0.4) is 0 Å². The van der Waals surface area contributed by atoms with Crippen molar-refractivity contribution >= 4 is 34.5 Å². The Balaban J connectivity index is 1.68. The summed E-state index contributed by atoms with van der Waals surface area (Å²) in [6.07, 6.45) is 4.54. The van der Waals surface area contributed by atoms with Gasteiger partial charge in [-0.2, -0.15) is 0 Å². The second-order valence-electron chi connectivity index (χ2n) is 8.00. The fraction of sp³-hybridized carbons (Fsp3) is 0.360. The van der Waals surface area contributed by atoms with E-state index in [0.717, 1.165) is 41.0 Å². The summed E-state index contributed by atoms with van der Waals surface area (Å²) >= 11 is 3.06. The number of amides is 2. The minimum atomic E-state index is -0.673. The number of benzene rings is 1. The highest BCUT2D eigenvalue weighted by Crippen LogP contribution is 2.31. The first-order valence-electron chi connectivity index (χ1n) is 10.9. The summed E-state index contributed by atoms with van der Waals surface area (Å²) in [6, 6.07) is 15.0. The van der Waals surface area contributed by atoms with Crippen molar-refractivity contribution in [2.24, 2.45) is 0 Å². The van der Waals surface area contributed by atoms with Crippen molar-refractivity contribution < 1.29 is 14.3 Å². The highest BCUT2D eigenvalue weighted by molar-refractivity contribution is 7.10. The van der Waals surface area contributed by atoms with Crippen molar-refractivity contribution in [1.29, 1.82) is 0 Å². The number of nitrogens with one attached hydrogen (secondary N) is 1. The molecule has 0 radical (unpaired) electrons.